The number of carbonyl (C=O) groups is 3. The van der Waals surface area contributed by atoms with Gasteiger partial charge in [0, 0.05) is 18.7 Å². The molecule has 1 atom stereocenters. The number of ether oxygens (including phenoxy) is 1. The van der Waals surface area contributed by atoms with Crippen molar-refractivity contribution in [1.82, 2.24) is 15.5 Å². The molecule has 2 N–H and O–H groups in total. The highest BCUT2D eigenvalue weighted by atomic mass is 16.6. The third-order valence-corrected chi connectivity index (χ3v) is 5.64. The Morgan fingerprint density at radius 2 is 1.56 bits per heavy atom. The van der Waals surface area contributed by atoms with Gasteiger partial charge in [-0.3, -0.25) is 9.59 Å². The first-order chi connectivity index (χ1) is 17.1. The highest BCUT2D eigenvalue weighted by Gasteiger charge is 2.31. The summed E-state index contributed by atoms with van der Waals surface area (Å²) in [5.41, 5.74) is 0.706. The van der Waals surface area contributed by atoms with Gasteiger partial charge in [0.15, 0.2) is 0 Å². The molecule has 1 unspecified atom stereocenters. The molecule has 0 heterocycles. The van der Waals surface area contributed by atoms with Crippen LogP contribution in [0, 0.1) is 12.3 Å². The molecule has 0 saturated carbocycles. The molecule has 0 saturated heterocycles. The second kappa shape index (κ2) is 16.6. The highest BCUT2D eigenvalue weighted by molar-refractivity contribution is 5.90. The maximum absolute atomic E-state index is 13.4. The van der Waals surface area contributed by atoms with E-state index in [1.807, 2.05) is 0 Å². The monoisotopic (exact) mass is 499 g/mol. The van der Waals surface area contributed by atoms with E-state index in [1.54, 1.807) is 49.9 Å². The van der Waals surface area contributed by atoms with Crippen molar-refractivity contribution in [2.75, 3.05) is 19.6 Å². The van der Waals surface area contributed by atoms with E-state index in [2.05, 4.69) is 30.4 Å². The maximum atomic E-state index is 13.4. The van der Waals surface area contributed by atoms with Crippen LogP contribution in [0.15, 0.2) is 24.3 Å². The predicted molar refractivity (Wildman–Crippen MR) is 144 cm³/mol. The summed E-state index contributed by atoms with van der Waals surface area (Å²) in [5, 5.41) is 5.54. The number of carbonyl (C=O) groups excluding carboxylic acids is 3. The van der Waals surface area contributed by atoms with E-state index >= 15 is 0 Å². The normalized spacial score (nSPS) is 11.8. The van der Waals surface area contributed by atoms with Crippen LogP contribution in [0.25, 0.3) is 0 Å². The van der Waals surface area contributed by atoms with Crippen LogP contribution in [0.2, 0.25) is 0 Å². The highest BCUT2D eigenvalue weighted by Crippen LogP contribution is 2.23. The lowest BCUT2D eigenvalue weighted by Crippen LogP contribution is -2.48. The molecule has 0 aromatic heterocycles. The van der Waals surface area contributed by atoms with Crippen LogP contribution in [0.4, 0.5) is 4.79 Å². The average Bonchev–Trinajstić information content (AvgIpc) is 2.83. The molecule has 0 fully saturated rings. The van der Waals surface area contributed by atoms with Gasteiger partial charge in [-0.25, -0.2) is 4.79 Å². The number of unbranched alkanes of at least 4 members (excludes halogenated alkanes) is 6. The predicted octanol–water partition coefficient (Wildman–Crippen LogP) is 5.34. The number of nitrogens with zero attached hydrogens (tertiary/aromatic N) is 1. The first-order valence-corrected chi connectivity index (χ1v) is 13.2. The SMILES string of the molecule is C#Cc1ccc(C(C(=O)NCCCCC)N(CCCCCCC)C(=O)CNC(=O)OC(C)(C)C)cc1. The minimum Gasteiger partial charge on any atom is -0.444 e. The topological polar surface area (TPSA) is 87.7 Å². The van der Waals surface area contributed by atoms with E-state index < -0.39 is 17.7 Å². The third kappa shape index (κ3) is 12.1. The minimum absolute atomic E-state index is 0.237. The average molecular weight is 500 g/mol. The number of terminal acetylenes is 1. The van der Waals surface area contributed by atoms with Crippen LogP contribution in [0.5, 0.6) is 0 Å². The zero-order valence-electron chi connectivity index (χ0n) is 22.8. The fourth-order valence-corrected chi connectivity index (χ4v) is 3.76. The minimum atomic E-state index is -0.822. The van der Waals surface area contributed by atoms with Crippen LogP contribution in [0.3, 0.4) is 0 Å². The van der Waals surface area contributed by atoms with Crippen LogP contribution in [0.1, 0.15) is 103 Å². The molecule has 7 heteroatoms. The Bertz CT molecular complexity index is 853. The largest absolute Gasteiger partial charge is 0.444 e. The molecule has 1 aromatic rings. The molecule has 1 aromatic carbocycles. The maximum Gasteiger partial charge on any atom is 0.408 e. The van der Waals surface area contributed by atoms with E-state index in [1.165, 1.54) is 0 Å². The molecular formula is C29H45N3O4. The van der Waals surface area contributed by atoms with Crippen molar-refractivity contribution in [3.63, 3.8) is 0 Å². The van der Waals surface area contributed by atoms with E-state index in [-0.39, 0.29) is 18.4 Å². The Kier molecular flexibility index (Phi) is 14.3. The number of nitrogens with one attached hydrogen (secondary N) is 2. The van der Waals surface area contributed by atoms with Crippen LogP contribution in [-0.2, 0) is 14.3 Å². The lowest BCUT2D eigenvalue weighted by Gasteiger charge is -2.32. The van der Waals surface area contributed by atoms with Gasteiger partial charge < -0.3 is 20.3 Å². The van der Waals surface area contributed by atoms with Gasteiger partial charge in [-0.15, -0.1) is 6.42 Å². The van der Waals surface area contributed by atoms with Crippen LogP contribution < -0.4 is 10.6 Å². The molecule has 0 spiro atoms. The Balaban J connectivity index is 3.15. The summed E-state index contributed by atoms with van der Waals surface area (Å²) in [7, 11) is 0. The van der Waals surface area contributed by atoms with Crippen molar-refractivity contribution >= 4 is 17.9 Å². The second-order valence-corrected chi connectivity index (χ2v) is 10.0. The Morgan fingerprint density at radius 1 is 0.944 bits per heavy atom. The quantitative estimate of drug-likeness (QED) is 0.252. The first kappa shape index (κ1) is 31.0. The standard InChI is InChI=1S/C29H45N3O4/c1-7-10-12-13-15-21-32(25(33)22-31-28(35)36-29(4,5)6)26(27(34)30-20-14-11-8-2)24-18-16-23(9-3)17-19-24/h3,16-19,26H,7-8,10-15,20-22H2,1-2,4-6H3,(H,30,34)(H,31,35). The lowest BCUT2D eigenvalue weighted by molar-refractivity contribution is -0.140. The van der Waals surface area contributed by atoms with Crippen molar-refractivity contribution in [2.45, 2.75) is 97.6 Å². The molecule has 0 aliphatic carbocycles. The molecule has 36 heavy (non-hydrogen) atoms. The summed E-state index contributed by atoms with van der Waals surface area (Å²) >= 11 is 0. The molecule has 0 radical (unpaired) electrons. The van der Waals surface area contributed by atoms with Gasteiger partial charge >= 0.3 is 6.09 Å². The van der Waals surface area contributed by atoms with Crippen molar-refractivity contribution in [2.24, 2.45) is 0 Å². The van der Waals surface area contributed by atoms with Gasteiger partial charge in [0.25, 0.3) is 0 Å². The van der Waals surface area contributed by atoms with E-state index in [4.69, 9.17) is 11.2 Å². The summed E-state index contributed by atoms with van der Waals surface area (Å²) in [5.74, 6) is 2.01. The Labute approximate surface area is 217 Å². The zero-order valence-corrected chi connectivity index (χ0v) is 22.8. The summed E-state index contributed by atoms with van der Waals surface area (Å²) < 4.78 is 5.27. The van der Waals surface area contributed by atoms with Crippen molar-refractivity contribution in [3.8, 4) is 12.3 Å². The van der Waals surface area contributed by atoms with E-state index in [9.17, 15) is 14.4 Å². The third-order valence-electron chi connectivity index (χ3n) is 5.64. The number of alkyl carbamates (subject to hydrolysis) is 1. The fourth-order valence-electron chi connectivity index (χ4n) is 3.76. The molecular weight excluding hydrogens is 454 g/mol. The smallest absolute Gasteiger partial charge is 0.408 e. The Hall–Kier alpha value is -3.01. The number of benzene rings is 1. The summed E-state index contributed by atoms with van der Waals surface area (Å²) in [4.78, 5) is 40.5. The molecule has 1 rings (SSSR count). The Morgan fingerprint density at radius 3 is 2.14 bits per heavy atom. The van der Waals surface area contributed by atoms with Crippen molar-refractivity contribution < 1.29 is 19.1 Å². The number of hydrogen-bond donors (Lipinski definition) is 2. The molecule has 200 valence electrons. The molecule has 7 nitrogen and oxygen atoms in total. The van der Waals surface area contributed by atoms with Crippen LogP contribution >= 0.6 is 0 Å². The number of rotatable bonds is 15. The molecule has 0 aliphatic rings. The summed E-state index contributed by atoms with van der Waals surface area (Å²) in [6.07, 6.45) is 12.8. The fraction of sp³-hybridized carbons (Fsp3) is 0.621. The zero-order chi connectivity index (χ0) is 27.0. The van der Waals surface area contributed by atoms with Gasteiger partial charge in [-0.2, -0.15) is 0 Å². The summed E-state index contributed by atoms with van der Waals surface area (Å²) in [6, 6.07) is 6.32. The van der Waals surface area contributed by atoms with Gasteiger partial charge in [0.1, 0.15) is 18.2 Å². The van der Waals surface area contributed by atoms with Gasteiger partial charge in [0.2, 0.25) is 11.8 Å². The summed E-state index contributed by atoms with van der Waals surface area (Å²) in [6.45, 7) is 10.2. The van der Waals surface area contributed by atoms with E-state index in [0.29, 0.717) is 24.2 Å². The van der Waals surface area contributed by atoms with E-state index in [0.717, 1.165) is 51.4 Å². The van der Waals surface area contributed by atoms with Crippen molar-refractivity contribution in [1.29, 1.82) is 0 Å². The number of hydrogen-bond acceptors (Lipinski definition) is 4. The lowest BCUT2D eigenvalue weighted by atomic mass is 10.0. The van der Waals surface area contributed by atoms with Crippen LogP contribution in [-0.4, -0.2) is 48.0 Å². The number of amides is 3. The van der Waals surface area contributed by atoms with Crippen molar-refractivity contribution in [3.05, 3.63) is 35.4 Å². The molecule has 3 amide bonds. The first-order valence-electron chi connectivity index (χ1n) is 13.2. The molecule has 0 bridgehead atoms. The van der Waals surface area contributed by atoms with Gasteiger partial charge in [-0.05, 0) is 51.3 Å². The molecule has 0 aliphatic heterocycles. The second-order valence-electron chi connectivity index (χ2n) is 10.0. The van der Waals surface area contributed by atoms with Gasteiger partial charge in [-0.1, -0.05) is 70.4 Å². The van der Waals surface area contributed by atoms with Gasteiger partial charge in [0.05, 0.1) is 0 Å².